The maximum atomic E-state index is 11.1. The lowest BCUT2D eigenvalue weighted by Crippen LogP contribution is -2.45. The van der Waals surface area contributed by atoms with E-state index in [9.17, 15) is 4.79 Å². The molecule has 25 heavy (non-hydrogen) atoms. The van der Waals surface area contributed by atoms with Gasteiger partial charge in [-0.15, -0.1) is 11.3 Å². The Kier molecular flexibility index (Phi) is 4.37. The van der Waals surface area contributed by atoms with E-state index in [0.29, 0.717) is 6.54 Å². The van der Waals surface area contributed by atoms with Gasteiger partial charge in [0.2, 0.25) is 5.91 Å². The third-order valence-electron chi connectivity index (χ3n) is 5.29. The average Bonchev–Trinajstić information content (AvgIpc) is 3.20. The Morgan fingerprint density at radius 2 is 2.20 bits per heavy atom. The Morgan fingerprint density at radius 3 is 2.96 bits per heavy atom. The number of piperidine rings is 1. The molecule has 1 spiro atoms. The third kappa shape index (κ3) is 3.35. The predicted octanol–water partition coefficient (Wildman–Crippen LogP) is 2.65. The average molecular weight is 360 g/mol. The number of amides is 1. The van der Waals surface area contributed by atoms with Gasteiger partial charge in [0.05, 0.1) is 21.9 Å². The maximum absolute atomic E-state index is 11.1. The maximum Gasteiger partial charge on any atom is 0.216 e. The van der Waals surface area contributed by atoms with E-state index in [-0.39, 0.29) is 17.6 Å². The highest BCUT2D eigenvalue weighted by atomic mass is 32.1. The molecule has 0 aromatic carbocycles. The highest BCUT2D eigenvalue weighted by Crippen LogP contribution is 2.40. The number of aryl methyl sites for hydroxylation is 1. The first-order chi connectivity index (χ1) is 12.0. The van der Waals surface area contributed by atoms with Gasteiger partial charge in [0.1, 0.15) is 11.6 Å². The summed E-state index contributed by atoms with van der Waals surface area (Å²) in [6, 6.07) is 2.07. The van der Waals surface area contributed by atoms with E-state index < -0.39 is 0 Å². The van der Waals surface area contributed by atoms with Crippen molar-refractivity contribution in [3.63, 3.8) is 0 Å². The number of carbonyl (C=O) groups is 1. The highest BCUT2D eigenvalue weighted by molar-refractivity contribution is 7.17. The van der Waals surface area contributed by atoms with Crippen molar-refractivity contribution < 1.29 is 9.53 Å². The summed E-state index contributed by atoms with van der Waals surface area (Å²) >= 11 is 1.71. The van der Waals surface area contributed by atoms with Crippen LogP contribution in [-0.2, 0) is 9.53 Å². The quantitative estimate of drug-likeness (QED) is 0.911. The first-order valence-electron chi connectivity index (χ1n) is 8.94. The van der Waals surface area contributed by atoms with Crippen LogP contribution in [0.3, 0.4) is 0 Å². The smallest absolute Gasteiger partial charge is 0.216 e. The molecule has 0 bridgehead atoms. The van der Waals surface area contributed by atoms with E-state index in [2.05, 4.69) is 26.6 Å². The lowest BCUT2D eigenvalue weighted by Gasteiger charge is -2.39. The van der Waals surface area contributed by atoms with Crippen LogP contribution in [0.15, 0.2) is 11.4 Å². The van der Waals surface area contributed by atoms with Crippen LogP contribution < -0.4 is 10.2 Å². The second-order valence-electron chi connectivity index (χ2n) is 7.12. The molecule has 0 aliphatic carbocycles. The lowest BCUT2D eigenvalue weighted by atomic mass is 9.88. The van der Waals surface area contributed by atoms with Gasteiger partial charge in [-0.3, -0.25) is 4.79 Å². The largest absolute Gasteiger partial charge is 0.370 e. The Hall–Kier alpha value is -1.73. The predicted molar refractivity (Wildman–Crippen MR) is 99.1 cm³/mol. The van der Waals surface area contributed by atoms with E-state index in [1.165, 1.54) is 4.70 Å². The monoisotopic (exact) mass is 360 g/mol. The van der Waals surface area contributed by atoms with E-state index in [0.717, 1.165) is 55.9 Å². The topological polar surface area (TPSA) is 67.4 Å². The van der Waals surface area contributed by atoms with Crippen molar-refractivity contribution in [3.05, 3.63) is 17.3 Å². The number of anilines is 1. The van der Waals surface area contributed by atoms with Gasteiger partial charge in [-0.25, -0.2) is 9.97 Å². The number of thiophene rings is 1. The summed E-state index contributed by atoms with van der Waals surface area (Å²) in [5.74, 6) is 1.91. The van der Waals surface area contributed by atoms with Crippen molar-refractivity contribution >= 4 is 33.3 Å². The van der Waals surface area contributed by atoms with Crippen LogP contribution in [0.2, 0.25) is 0 Å². The van der Waals surface area contributed by atoms with Crippen molar-refractivity contribution in [3.8, 4) is 0 Å². The van der Waals surface area contributed by atoms with Crippen molar-refractivity contribution in [1.82, 2.24) is 15.3 Å². The number of nitrogens with zero attached hydrogens (tertiary/aromatic N) is 3. The summed E-state index contributed by atoms with van der Waals surface area (Å²) in [6.07, 6.45) is 4.30. The molecule has 1 N–H and O–H groups in total. The molecule has 2 aliphatic rings. The van der Waals surface area contributed by atoms with Crippen molar-refractivity contribution in [2.24, 2.45) is 0 Å². The first kappa shape index (κ1) is 16.7. The number of hydrogen-bond acceptors (Lipinski definition) is 6. The minimum Gasteiger partial charge on any atom is -0.370 e. The summed E-state index contributed by atoms with van der Waals surface area (Å²) in [5.41, 5.74) is 1.02. The SMILES string of the molecule is CC(=O)NC[C@H]1CCC2(CCN(c3nc(C)nc4ccsc34)CC2)O1. The van der Waals surface area contributed by atoms with Crippen LogP contribution >= 0.6 is 11.3 Å². The zero-order valence-electron chi connectivity index (χ0n) is 14.7. The van der Waals surface area contributed by atoms with Crippen LogP contribution in [0.4, 0.5) is 5.82 Å². The summed E-state index contributed by atoms with van der Waals surface area (Å²) < 4.78 is 7.53. The fourth-order valence-electron chi connectivity index (χ4n) is 3.97. The first-order valence-corrected chi connectivity index (χ1v) is 9.82. The molecule has 2 aromatic rings. The molecule has 4 rings (SSSR count). The number of fused-ring (bicyclic) bond motifs is 1. The number of ether oxygens (including phenoxy) is 1. The normalized spacial score (nSPS) is 22.6. The van der Waals surface area contributed by atoms with Gasteiger partial charge >= 0.3 is 0 Å². The minimum atomic E-state index is -0.0176. The zero-order chi connectivity index (χ0) is 17.4. The molecule has 0 saturated carbocycles. The Bertz CT molecular complexity index is 782. The molecule has 2 aromatic heterocycles. The standard InChI is InChI=1S/C18H24N4O2S/c1-12-20-15-4-10-25-16(15)17(21-12)22-8-6-18(7-9-22)5-3-14(24-18)11-19-13(2)23/h4,10,14H,3,5-9,11H2,1-2H3,(H,19,23)/t14-/m1/s1. The molecule has 0 unspecified atom stereocenters. The molecule has 134 valence electrons. The third-order valence-corrected chi connectivity index (χ3v) is 6.19. The fourth-order valence-corrected chi connectivity index (χ4v) is 4.81. The van der Waals surface area contributed by atoms with E-state index in [1.807, 2.05) is 6.92 Å². The van der Waals surface area contributed by atoms with Gasteiger partial charge in [0.15, 0.2) is 0 Å². The number of hydrogen-bond donors (Lipinski definition) is 1. The molecule has 4 heterocycles. The Morgan fingerprint density at radius 1 is 1.40 bits per heavy atom. The van der Waals surface area contributed by atoms with Crippen molar-refractivity contribution in [2.45, 2.75) is 51.2 Å². The summed E-state index contributed by atoms with van der Waals surface area (Å²) in [5, 5.41) is 4.96. The van der Waals surface area contributed by atoms with Crippen LogP contribution in [0.1, 0.15) is 38.4 Å². The van der Waals surface area contributed by atoms with Gasteiger partial charge in [0, 0.05) is 26.6 Å². The van der Waals surface area contributed by atoms with Gasteiger partial charge in [-0.05, 0) is 44.1 Å². The zero-order valence-corrected chi connectivity index (χ0v) is 15.6. The van der Waals surface area contributed by atoms with E-state index in [4.69, 9.17) is 9.72 Å². The summed E-state index contributed by atoms with van der Waals surface area (Å²) in [7, 11) is 0. The molecule has 2 aliphatic heterocycles. The van der Waals surface area contributed by atoms with E-state index >= 15 is 0 Å². The lowest BCUT2D eigenvalue weighted by molar-refractivity contribution is -0.120. The van der Waals surface area contributed by atoms with Crippen LogP contribution in [0.5, 0.6) is 0 Å². The number of rotatable bonds is 3. The van der Waals surface area contributed by atoms with Crippen LogP contribution in [0.25, 0.3) is 10.2 Å². The summed E-state index contributed by atoms with van der Waals surface area (Å²) in [4.78, 5) is 22.7. The van der Waals surface area contributed by atoms with Gasteiger partial charge in [0.25, 0.3) is 0 Å². The second-order valence-corrected chi connectivity index (χ2v) is 8.03. The van der Waals surface area contributed by atoms with Crippen molar-refractivity contribution in [1.29, 1.82) is 0 Å². The molecule has 6 nitrogen and oxygen atoms in total. The minimum absolute atomic E-state index is 0.0125. The molecule has 2 fully saturated rings. The van der Waals surface area contributed by atoms with Gasteiger partial charge < -0.3 is 15.0 Å². The number of nitrogens with one attached hydrogen (secondary N) is 1. The van der Waals surface area contributed by atoms with Crippen LogP contribution in [0, 0.1) is 6.92 Å². The highest BCUT2D eigenvalue weighted by Gasteiger charge is 2.42. The molecule has 1 amide bonds. The van der Waals surface area contributed by atoms with Gasteiger partial charge in [-0.2, -0.15) is 0 Å². The molecule has 1 atom stereocenters. The fraction of sp³-hybridized carbons (Fsp3) is 0.611. The molecule has 0 radical (unpaired) electrons. The molecular formula is C18H24N4O2S. The van der Waals surface area contributed by atoms with Crippen molar-refractivity contribution in [2.75, 3.05) is 24.5 Å². The molecule has 2 saturated heterocycles. The van der Waals surface area contributed by atoms with Crippen LogP contribution in [-0.4, -0.2) is 47.2 Å². The number of carbonyl (C=O) groups excluding carboxylic acids is 1. The summed E-state index contributed by atoms with van der Waals surface area (Å²) in [6.45, 7) is 6.05. The van der Waals surface area contributed by atoms with Gasteiger partial charge in [-0.1, -0.05) is 0 Å². The Balaban J connectivity index is 1.43. The second kappa shape index (κ2) is 6.53. The molecule has 7 heteroatoms. The number of aromatic nitrogens is 2. The Labute approximate surface area is 151 Å². The van der Waals surface area contributed by atoms with E-state index in [1.54, 1.807) is 18.3 Å². The molecular weight excluding hydrogens is 336 g/mol.